The SMILES string of the molecule is CC1CCC(C(O)C(C)c2ccccn2)O1. The van der Waals surface area contributed by atoms with E-state index in [0.29, 0.717) is 0 Å². The lowest BCUT2D eigenvalue weighted by atomic mass is 9.94. The zero-order valence-corrected chi connectivity index (χ0v) is 9.84. The van der Waals surface area contributed by atoms with Crippen molar-refractivity contribution in [1.82, 2.24) is 4.98 Å². The predicted molar refractivity (Wildman–Crippen MR) is 62.2 cm³/mol. The van der Waals surface area contributed by atoms with Crippen LogP contribution in [0.4, 0.5) is 0 Å². The largest absolute Gasteiger partial charge is 0.390 e. The van der Waals surface area contributed by atoms with Crippen LogP contribution in [0.3, 0.4) is 0 Å². The van der Waals surface area contributed by atoms with Crippen LogP contribution >= 0.6 is 0 Å². The van der Waals surface area contributed by atoms with Gasteiger partial charge in [0.25, 0.3) is 0 Å². The van der Waals surface area contributed by atoms with Gasteiger partial charge < -0.3 is 9.84 Å². The standard InChI is InChI=1S/C13H19NO2/c1-9-6-7-12(16-9)13(15)10(2)11-5-3-4-8-14-11/h3-5,8-10,12-13,15H,6-7H2,1-2H3. The second-order valence-corrected chi connectivity index (χ2v) is 4.60. The highest BCUT2D eigenvalue weighted by Gasteiger charge is 2.32. The number of ether oxygens (including phenoxy) is 1. The molecule has 3 nitrogen and oxygen atoms in total. The molecular formula is C13H19NO2. The Morgan fingerprint density at radius 1 is 1.44 bits per heavy atom. The monoisotopic (exact) mass is 221 g/mol. The summed E-state index contributed by atoms with van der Waals surface area (Å²) in [5.74, 6) is 0.0245. The highest BCUT2D eigenvalue weighted by Crippen LogP contribution is 2.28. The van der Waals surface area contributed by atoms with Crippen molar-refractivity contribution >= 4 is 0 Å². The number of aliphatic hydroxyl groups excluding tert-OH is 1. The molecule has 1 aliphatic rings. The van der Waals surface area contributed by atoms with Gasteiger partial charge in [-0.1, -0.05) is 13.0 Å². The summed E-state index contributed by atoms with van der Waals surface area (Å²) in [6.07, 6.45) is 3.52. The lowest BCUT2D eigenvalue weighted by molar-refractivity contribution is -0.0377. The number of hydrogen-bond acceptors (Lipinski definition) is 3. The average Bonchev–Trinajstić information content (AvgIpc) is 2.75. The van der Waals surface area contributed by atoms with Crippen molar-refractivity contribution < 1.29 is 9.84 Å². The number of nitrogens with zero attached hydrogens (tertiary/aromatic N) is 1. The van der Waals surface area contributed by atoms with Gasteiger partial charge in [-0.3, -0.25) is 4.98 Å². The van der Waals surface area contributed by atoms with Crippen LogP contribution in [-0.2, 0) is 4.74 Å². The maximum atomic E-state index is 10.2. The Balaban J connectivity index is 2.02. The molecule has 1 aliphatic heterocycles. The molecule has 0 saturated carbocycles. The molecule has 1 aromatic rings. The summed E-state index contributed by atoms with van der Waals surface area (Å²) >= 11 is 0. The smallest absolute Gasteiger partial charge is 0.0882 e. The van der Waals surface area contributed by atoms with Gasteiger partial charge in [0.2, 0.25) is 0 Å². The summed E-state index contributed by atoms with van der Waals surface area (Å²) in [6, 6.07) is 5.78. The molecule has 0 bridgehead atoms. The fourth-order valence-corrected chi connectivity index (χ4v) is 2.23. The molecule has 16 heavy (non-hydrogen) atoms. The van der Waals surface area contributed by atoms with Crippen molar-refractivity contribution in [2.75, 3.05) is 0 Å². The zero-order chi connectivity index (χ0) is 11.5. The summed E-state index contributed by atoms with van der Waals surface area (Å²) in [5, 5.41) is 10.2. The quantitative estimate of drug-likeness (QED) is 0.850. The molecular weight excluding hydrogens is 202 g/mol. The third-order valence-corrected chi connectivity index (χ3v) is 3.31. The van der Waals surface area contributed by atoms with Crippen molar-refractivity contribution in [3.05, 3.63) is 30.1 Å². The van der Waals surface area contributed by atoms with Gasteiger partial charge in [-0.25, -0.2) is 0 Å². The first-order valence-electron chi connectivity index (χ1n) is 5.93. The average molecular weight is 221 g/mol. The molecule has 0 aliphatic carbocycles. The molecule has 1 N–H and O–H groups in total. The van der Waals surface area contributed by atoms with E-state index >= 15 is 0 Å². The molecule has 0 aromatic carbocycles. The Morgan fingerprint density at radius 2 is 2.25 bits per heavy atom. The summed E-state index contributed by atoms with van der Waals surface area (Å²) in [5.41, 5.74) is 0.929. The number of aliphatic hydroxyl groups is 1. The molecule has 1 aromatic heterocycles. The number of pyridine rings is 1. The lowest BCUT2D eigenvalue weighted by Gasteiger charge is -2.24. The first-order valence-corrected chi connectivity index (χ1v) is 5.93. The zero-order valence-electron chi connectivity index (χ0n) is 9.84. The van der Waals surface area contributed by atoms with Gasteiger partial charge >= 0.3 is 0 Å². The third kappa shape index (κ3) is 2.42. The summed E-state index contributed by atoms with van der Waals surface area (Å²) in [4.78, 5) is 4.27. The normalized spacial score (nSPS) is 28.9. The number of hydrogen-bond donors (Lipinski definition) is 1. The second kappa shape index (κ2) is 4.93. The molecule has 1 fully saturated rings. The highest BCUT2D eigenvalue weighted by atomic mass is 16.5. The predicted octanol–water partition coefficient (Wildman–Crippen LogP) is 2.11. The van der Waals surface area contributed by atoms with E-state index in [1.54, 1.807) is 6.20 Å². The topological polar surface area (TPSA) is 42.4 Å². The van der Waals surface area contributed by atoms with E-state index in [9.17, 15) is 5.11 Å². The van der Waals surface area contributed by atoms with E-state index in [2.05, 4.69) is 11.9 Å². The summed E-state index contributed by atoms with van der Waals surface area (Å²) in [6.45, 7) is 4.05. The maximum absolute atomic E-state index is 10.2. The van der Waals surface area contributed by atoms with Crippen LogP contribution in [0.5, 0.6) is 0 Å². The van der Waals surface area contributed by atoms with E-state index in [1.807, 2.05) is 25.1 Å². The Labute approximate surface area is 96.5 Å². The third-order valence-electron chi connectivity index (χ3n) is 3.31. The van der Waals surface area contributed by atoms with Gasteiger partial charge in [-0.15, -0.1) is 0 Å². The number of rotatable bonds is 3. The molecule has 2 rings (SSSR count). The van der Waals surface area contributed by atoms with E-state index in [0.717, 1.165) is 18.5 Å². The molecule has 0 spiro atoms. The Hall–Kier alpha value is -0.930. The minimum Gasteiger partial charge on any atom is -0.390 e. The second-order valence-electron chi connectivity index (χ2n) is 4.60. The summed E-state index contributed by atoms with van der Waals surface area (Å²) in [7, 11) is 0. The van der Waals surface area contributed by atoms with Gasteiger partial charge in [0, 0.05) is 17.8 Å². The van der Waals surface area contributed by atoms with Crippen LogP contribution in [0.15, 0.2) is 24.4 Å². The van der Waals surface area contributed by atoms with Crippen LogP contribution in [-0.4, -0.2) is 28.4 Å². The van der Waals surface area contributed by atoms with Crippen LogP contribution in [0.2, 0.25) is 0 Å². The van der Waals surface area contributed by atoms with Crippen LogP contribution in [0.25, 0.3) is 0 Å². The summed E-state index contributed by atoms with van der Waals surface area (Å²) < 4.78 is 5.69. The molecule has 3 heteroatoms. The molecule has 2 heterocycles. The fraction of sp³-hybridized carbons (Fsp3) is 0.615. The van der Waals surface area contributed by atoms with E-state index in [1.165, 1.54) is 0 Å². The van der Waals surface area contributed by atoms with Gasteiger partial charge in [-0.05, 0) is 31.9 Å². The van der Waals surface area contributed by atoms with Crippen LogP contribution < -0.4 is 0 Å². The van der Waals surface area contributed by atoms with Crippen molar-refractivity contribution in [1.29, 1.82) is 0 Å². The number of aromatic nitrogens is 1. The van der Waals surface area contributed by atoms with E-state index < -0.39 is 6.10 Å². The first kappa shape index (κ1) is 11.6. The van der Waals surface area contributed by atoms with Crippen molar-refractivity contribution in [3.63, 3.8) is 0 Å². The lowest BCUT2D eigenvalue weighted by Crippen LogP contribution is -2.31. The molecule has 4 unspecified atom stereocenters. The Kier molecular flexibility index (Phi) is 3.56. The molecule has 0 radical (unpaired) electrons. The van der Waals surface area contributed by atoms with Crippen LogP contribution in [0, 0.1) is 0 Å². The first-order chi connectivity index (χ1) is 7.68. The van der Waals surface area contributed by atoms with Crippen molar-refractivity contribution in [2.45, 2.75) is 50.9 Å². The molecule has 0 amide bonds. The van der Waals surface area contributed by atoms with Crippen molar-refractivity contribution in [2.24, 2.45) is 0 Å². The van der Waals surface area contributed by atoms with Gasteiger partial charge in [-0.2, -0.15) is 0 Å². The molecule has 1 saturated heterocycles. The van der Waals surface area contributed by atoms with E-state index in [-0.39, 0.29) is 18.1 Å². The van der Waals surface area contributed by atoms with Crippen LogP contribution in [0.1, 0.15) is 38.3 Å². The molecule has 88 valence electrons. The van der Waals surface area contributed by atoms with Gasteiger partial charge in [0.05, 0.1) is 18.3 Å². The fourth-order valence-electron chi connectivity index (χ4n) is 2.23. The highest BCUT2D eigenvalue weighted by molar-refractivity contribution is 5.11. The van der Waals surface area contributed by atoms with Crippen molar-refractivity contribution in [3.8, 4) is 0 Å². The minimum absolute atomic E-state index is 0.0245. The Morgan fingerprint density at radius 3 is 2.81 bits per heavy atom. The van der Waals surface area contributed by atoms with Gasteiger partial charge in [0.1, 0.15) is 0 Å². The van der Waals surface area contributed by atoms with Gasteiger partial charge in [0.15, 0.2) is 0 Å². The molecule has 4 atom stereocenters. The van der Waals surface area contributed by atoms with E-state index in [4.69, 9.17) is 4.74 Å². The Bertz CT molecular complexity index is 328. The maximum Gasteiger partial charge on any atom is 0.0882 e. The minimum atomic E-state index is -0.458.